The smallest absolute Gasteiger partial charge is 0.393 e. The van der Waals surface area contributed by atoms with E-state index >= 15 is 0 Å². The summed E-state index contributed by atoms with van der Waals surface area (Å²) in [5, 5.41) is 0. The first kappa shape index (κ1) is 19.9. The lowest BCUT2D eigenvalue weighted by Gasteiger charge is -2.33. The molecule has 1 amide bonds. The first-order chi connectivity index (χ1) is 13.4. The number of carbonyl (C=O) groups excluding carboxylic acids is 1. The van der Waals surface area contributed by atoms with Crippen molar-refractivity contribution >= 4 is 12.0 Å². The lowest BCUT2D eigenvalue weighted by Crippen LogP contribution is -2.44. The summed E-state index contributed by atoms with van der Waals surface area (Å²) in [4.78, 5) is 17.5. The highest BCUT2D eigenvalue weighted by atomic mass is 19.4. The third-order valence-corrected chi connectivity index (χ3v) is 4.62. The van der Waals surface area contributed by atoms with Gasteiger partial charge >= 0.3 is 6.18 Å². The minimum absolute atomic E-state index is 0.0809. The Bertz CT molecular complexity index is 805. The molecular formula is C21H21F3N2O2. The van der Waals surface area contributed by atoms with Crippen molar-refractivity contribution in [2.75, 3.05) is 13.1 Å². The number of benzene rings is 1. The fraction of sp³-hybridized carbons (Fsp3) is 0.333. The fourth-order valence-electron chi connectivity index (χ4n) is 3.04. The quantitative estimate of drug-likeness (QED) is 0.708. The van der Waals surface area contributed by atoms with Crippen LogP contribution in [0.3, 0.4) is 0 Å². The van der Waals surface area contributed by atoms with Crippen LogP contribution in [0.5, 0.6) is 5.75 Å². The van der Waals surface area contributed by atoms with E-state index in [0.717, 1.165) is 11.1 Å². The van der Waals surface area contributed by atoms with E-state index in [9.17, 15) is 18.0 Å². The molecule has 1 aliphatic heterocycles. The third kappa shape index (κ3) is 5.58. The third-order valence-electron chi connectivity index (χ3n) is 4.62. The second kappa shape index (κ2) is 8.91. The summed E-state index contributed by atoms with van der Waals surface area (Å²) in [6, 6.07) is 10.9. The molecule has 1 saturated heterocycles. The van der Waals surface area contributed by atoms with Crippen molar-refractivity contribution in [1.29, 1.82) is 0 Å². The summed E-state index contributed by atoms with van der Waals surface area (Å²) in [6.45, 7) is 0.488. The number of piperidine rings is 1. The van der Waals surface area contributed by atoms with Crippen LogP contribution < -0.4 is 4.74 Å². The summed E-state index contributed by atoms with van der Waals surface area (Å²) in [5.41, 5.74) is 1.72. The maximum atomic E-state index is 12.9. The number of pyridine rings is 1. The Morgan fingerprint density at radius 1 is 1.25 bits per heavy atom. The zero-order valence-electron chi connectivity index (χ0n) is 15.2. The normalized spacial score (nSPS) is 17.7. The second-order valence-corrected chi connectivity index (χ2v) is 6.72. The van der Waals surface area contributed by atoms with Crippen molar-refractivity contribution in [2.24, 2.45) is 5.92 Å². The number of hydrogen-bond donors (Lipinski definition) is 0. The first-order valence-corrected chi connectivity index (χ1v) is 9.07. The van der Waals surface area contributed by atoms with Gasteiger partial charge in [0.25, 0.3) is 0 Å². The minimum Gasteiger partial charge on any atom is -0.489 e. The summed E-state index contributed by atoms with van der Waals surface area (Å²) < 4.78 is 44.3. The molecule has 0 unspecified atom stereocenters. The Morgan fingerprint density at radius 3 is 2.71 bits per heavy atom. The molecule has 0 saturated carbocycles. The molecule has 1 aliphatic rings. The van der Waals surface area contributed by atoms with Crippen molar-refractivity contribution in [3.05, 3.63) is 66.0 Å². The van der Waals surface area contributed by atoms with Gasteiger partial charge in [-0.1, -0.05) is 18.2 Å². The van der Waals surface area contributed by atoms with Gasteiger partial charge in [-0.2, -0.15) is 13.2 Å². The van der Waals surface area contributed by atoms with E-state index in [0.29, 0.717) is 25.3 Å². The molecule has 7 heteroatoms. The van der Waals surface area contributed by atoms with Crippen LogP contribution in [-0.2, 0) is 11.4 Å². The maximum absolute atomic E-state index is 12.9. The monoisotopic (exact) mass is 390 g/mol. The lowest BCUT2D eigenvalue weighted by molar-refractivity contribution is -0.187. The number of carbonyl (C=O) groups is 1. The van der Waals surface area contributed by atoms with E-state index in [1.165, 1.54) is 11.0 Å². The highest BCUT2D eigenvalue weighted by molar-refractivity contribution is 5.91. The Morgan fingerprint density at radius 2 is 2.04 bits per heavy atom. The van der Waals surface area contributed by atoms with Crippen molar-refractivity contribution in [3.8, 4) is 5.75 Å². The molecule has 1 fully saturated rings. The maximum Gasteiger partial charge on any atom is 0.393 e. The van der Waals surface area contributed by atoms with Gasteiger partial charge in [-0.25, -0.2) is 0 Å². The Labute approximate surface area is 161 Å². The second-order valence-electron chi connectivity index (χ2n) is 6.72. The molecule has 28 heavy (non-hydrogen) atoms. The summed E-state index contributed by atoms with van der Waals surface area (Å²) in [7, 11) is 0. The minimum atomic E-state index is -4.26. The molecule has 0 bridgehead atoms. The molecule has 1 aromatic carbocycles. The Kier molecular flexibility index (Phi) is 6.34. The molecule has 4 nitrogen and oxygen atoms in total. The standard InChI is InChI=1S/C21H21F3N2O2/c22-21(23,24)18-4-2-12-26(14-18)20(27)10-7-16-5-8-19(9-6-16)28-15-17-3-1-11-25-13-17/h1,3,5-11,13,18H,2,4,12,14-15H2/b10-7+/t18-/m1/s1. The molecule has 1 aromatic heterocycles. The van der Waals surface area contributed by atoms with Crippen LogP contribution >= 0.6 is 0 Å². The molecular weight excluding hydrogens is 369 g/mol. The molecule has 0 radical (unpaired) electrons. The van der Waals surface area contributed by atoms with Crippen molar-refractivity contribution in [2.45, 2.75) is 25.6 Å². The number of hydrogen-bond acceptors (Lipinski definition) is 3. The van der Waals surface area contributed by atoms with Gasteiger partial charge in [0.15, 0.2) is 0 Å². The van der Waals surface area contributed by atoms with Gasteiger partial charge in [0.05, 0.1) is 5.92 Å². The Balaban J connectivity index is 1.53. The lowest BCUT2D eigenvalue weighted by atomic mass is 9.97. The topological polar surface area (TPSA) is 42.4 Å². The number of nitrogens with zero attached hydrogens (tertiary/aromatic N) is 2. The van der Waals surface area contributed by atoms with Crippen LogP contribution in [0.4, 0.5) is 13.2 Å². The zero-order chi connectivity index (χ0) is 20.0. The number of halogens is 3. The molecule has 2 heterocycles. The van der Waals surface area contributed by atoms with Crippen LogP contribution in [0.2, 0.25) is 0 Å². The number of likely N-dealkylation sites (tertiary alicyclic amines) is 1. The molecule has 3 rings (SSSR count). The molecule has 1 atom stereocenters. The van der Waals surface area contributed by atoms with Crippen molar-refractivity contribution in [1.82, 2.24) is 9.88 Å². The van der Waals surface area contributed by atoms with E-state index in [4.69, 9.17) is 4.74 Å². The van der Waals surface area contributed by atoms with Gasteiger partial charge in [0.2, 0.25) is 5.91 Å². The SMILES string of the molecule is O=C(/C=C/c1ccc(OCc2cccnc2)cc1)N1CCC[C@@H](C(F)(F)F)C1. The van der Waals surface area contributed by atoms with Gasteiger partial charge in [0.1, 0.15) is 12.4 Å². The molecule has 0 aliphatic carbocycles. The number of amides is 1. The highest BCUT2D eigenvalue weighted by Crippen LogP contribution is 2.33. The van der Waals surface area contributed by atoms with Crippen LogP contribution in [0.15, 0.2) is 54.9 Å². The number of alkyl halides is 3. The van der Waals surface area contributed by atoms with E-state index in [-0.39, 0.29) is 13.0 Å². The highest BCUT2D eigenvalue weighted by Gasteiger charge is 2.42. The van der Waals surface area contributed by atoms with Crippen molar-refractivity contribution < 1.29 is 22.7 Å². The number of aromatic nitrogens is 1. The Hall–Kier alpha value is -2.83. The summed E-state index contributed by atoms with van der Waals surface area (Å²) in [6.07, 6.45) is 2.54. The van der Waals surface area contributed by atoms with Crippen LogP contribution in [0.25, 0.3) is 6.08 Å². The average Bonchev–Trinajstić information content (AvgIpc) is 2.71. The van der Waals surface area contributed by atoms with E-state index in [1.807, 2.05) is 12.1 Å². The van der Waals surface area contributed by atoms with Gasteiger partial charge in [-0.3, -0.25) is 9.78 Å². The zero-order valence-corrected chi connectivity index (χ0v) is 15.2. The van der Waals surface area contributed by atoms with Crippen LogP contribution in [0.1, 0.15) is 24.0 Å². The van der Waals surface area contributed by atoms with Crippen LogP contribution in [0, 0.1) is 5.92 Å². The van der Waals surface area contributed by atoms with E-state index in [1.54, 1.807) is 42.7 Å². The van der Waals surface area contributed by atoms with Gasteiger partial charge in [-0.15, -0.1) is 0 Å². The number of rotatable bonds is 5. The van der Waals surface area contributed by atoms with Gasteiger partial charge in [-0.05, 0) is 42.7 Å². The molecule has 2 aromatic rings. The predicted molar refractivity (Wildman–Crippen MR) is 99.4 cm³/mol. The largest absolute Gasteiger partial charge is 0.489 e. The van der Waals surface area contributed by atoms with Gasteiger partial charge < -0.3 is 9.64 Å². The number of ether oxygens (including phenoxy) is 1. The fourth-order valence-corrected chi connectivity index (χ4v) is 3.04. The molecule has 0 N–H and O–H groups in total. The first-order valence-electron chi connectivity index (χ1n) is 9.07. The van der Waals surface area contributed by atoms with Crippen molar-refractivity contribution in [3.63, 3.8) is 0 Å². The summed E-state index contributed by atoms with van der Waals surface area (Å²) >= 11 is 0. The van der Waals surface area contributed by atoms with E-state index < -0.39 is 18.0 Å². The molecule has 148 valence electrons. The predicted octanol–water partition coefficient (Wildman–Crippen LogP) is 4.47. The van der Waals surface area contributed by atoms with Crippen LogP contribution in [-0.4, -0.2) is 35.1 Å². The summed E-state index contributed by atoms with van der Waals surface area (Å²) in [5.74, 6) is -1.16. The average molecular weight is 390 g/mol. The van der Waals surface area contributed by atoms with Gasteiger partial charge in [0, 0.05) is 37.1 Å². The molecule has 0 spiro atoms. The van der Waals surface area contributed by atoms with E-state index in [2.05, 4.69) is 4.98 Å².